The average Bonchev–Trinajstić information content (AvgIpc) is 2.42. The molecular weight excluding hydrogens is 298 g/mol. The molecule has 0 radical (unpaired) electrons. The number of pyridine rings is 1. The Hall–Kier alpha value is -1.73. The van der Waals surface area contributed by atoms with Crippen LogP contribution < -0.4 is 5.32 Å². The Morgan fingerprint density at radius 1 is 1.57 bits per heavy atom. The number of hydrogen-bond donors (Lipinski definition) is 1. The van der Waals surface area contributed by atoms with Crippen molar-refractivity contribution >= 4 is 23.2 Å². The molecule has 8 heteroatoms. The number of carbonyl (C=O) groups excluding carboxylic acids is 1. The van der Waals surface area contributed by atoms with Crippen LogP contribution in [-0.2, 0) is 4.74 Å². The molecule has 1 heterocycles. The molecule has 116 valence electrons. The van der Waals surface area contributed by atoms with Crippen molar-refractivity contribution in [2.24, 2.45) is 5.41 Å². The van der Waals surface area contributed by atoms with Crippen LogP contribution >= 0.6 is 11.6 Å². The summed E-state index contributed by atoms with van der Waals surface area (Å²) >= 11 is 5.69. The minimum atomic E-state index is -0.658. The summed E-state index contributed by atoms with van der Waals surface area (Å²) in [5.41, 5.74) is -0.647. The largest absolute Gasteiger partial charge is 0.385 e. The van der Waals surface area contributed by atoms with E-state index in [9.17, 15) is 14.9 Å². The lowest BCUT2D eigenvalue weighted by atomic mass is 9.89. The lowest BCUT2D eigenvalue weighted by Crippen LogP contribution is -2.35. The molecule has 1 rings (SSSR count). The van der Waals surface area contributed by atoms with Crippen molar-refractivity contribution < 1.29 is 14.5 Å². The number of methoxy groups -OCH3 is 1. The van der Waals surface area contributed by atoms with Gasteiger partial charge in [-0.1, -0.05) is 25.4 Å². The first-order chi connectivity index (χ1) is 9.76. The van der Waals surface area contributed by atoms with Gasteiger partial charge in [-0.15, -0.1) is 0 Å². The Labute approximate surface area is 127 Å². The molecular formula is C13H18ClN3O4. The van der Waals surface area contributed by atoms with Crippen molar-refractivity contribution in [3.63, 3.8) is 0 Å². The van der Waals surface area contributed by atoms with Crippen molar-refractivity contribution in [1.82, 2.24) is 10.3 Å². The molecule has 0 aliphatic heterocycles. The van der Waals surface area contributed by atoms with Crippen LogP contribution in [-0.4, -0.2) is 36.1 Å². The Morgan fingerprint density at radius 2 is 2.24 bits per heavy atom. The first-order valence-electron chi connectivity index (χ1n) is 6.34. The fraction of sp³-hybridized carbons (Fsp3) is 0.538. The quantitative estimate of drug-likeness (QED) is 0.474. The van der Waals surface area contributed by atoms with E-state index in [0.29, 0.717) is 13.2 Å². The molecule has 0 bridgehead atoms. The van der Waals surface area contributed by atoms with Crippen LogP contribution in [0.25, 0.3) is 0 Å². The van der Waals surface area contributed by atoms with E-state index in [1.165, 1.54) is 6.07 Å². The number of carbonyl (C=O) groups is 1. The SMILES string of the molecule is COCCC(C)(C)CNC(=O)c1cc(Cl)ncc1[N+](=O)[O-]. The third-order valence-corrected chi connectivity index (χ3v) is 3.21. The second-order valence-corrected chi connectivity index (χ2v) is 5.76. The summed E-state index contributed by atoms with van der Waals surface area (Å²) in [5, 5.41) is 13.6. The first kappa shape index (κ1) is 17.3. The van der Waals surface area contributed by atoms with Crippen LogP contribution in [0.4, 0.5) is 5.69 Å². The van der Waals surface area contributed by atoms with E-state index >= 15 is 0 Å². The van der Waals surface area contributed by atoms with Crippen LogP contribution in [0.1, 0.15) is 30.6 Å². The molecule has 0 fully saturated rings. The summed E-state index contributed by atoms with van der Waals surface area (Å²) in [6, 6.07) is 1.19. The highest BCUT2D eigenvalue weighted by Crippen LogP contribution is 2.22. The highest BCUT2D eigenvalue weighted by Gasteiger charge is 2.24. The number of aromatic nitrogens is 1. The summed E-state index contributed by atoms with van der Waals surface area (Å²) in [6.45, 7) is 4.89. The maximum absolute atomic E-state index is 12.1. The molecule has 1 aromatic heterocycles. The summed E-state index contributed by atoms with van der Waals surface area (Å²) < 4.78 is 5.01. The number of rotatable bonds is 7. The van der Waals surface area contributed by atoms with Gasteiger partial charge in [0, 0.05) is 20.3 Å². The van der Waals surface area contributed by atoms with Crippen LogP contribution in [0.3, 0.4) is 0 Å². The van der Waals surface area contributed by atoms with Crippen molar-refractivity contribution in [2.75, 3.05) is 20.3 Å². The molecule has 0 spiro atoms. The summed E-state index contributed by atoms with van der Waals surface area (Å²) in [7, 11) is 1.61. The highest BCUT2D eigenvalue weighted by atomic mass is 35.5. The van der Waals surface area contributed by atoms with E-state index in [0.717, 1.165) is 12.6 Å². The van der Waals surface area contributed by atoms with E-state index < -0.39 is 10.8 Å². The van der Waals surface area contributed by atoms with Gasteiger partial charge in [-0.05, 0) is 17.9 Å². The molecule has 7 nitrogen and oxygen atoms in total. The summed E-state index contributed by atoms with van der Waals surface area (Å²) in [4.78, 5) is 26.0. The fourth-order valence-electron chi connectivity index (χ4n) is 1.63. The van der Waals surface area contributed by atoms with Crippen LogP contribution in [0.5, 0.6) is 0 Å². The molecule has 1 N–H and O–H groups in total. The molecule has 0 aliphatic carbocycles. The molecule has 0 unspecified atom stereocenters. The molecule has 21 heavy (non-hydrogen) atoms. The van der Waals surface area contributed by atoms with Crippen molar-refractivity contribution in [3.8, 4) is 0 Å². The van der Waals surface area contributed by atoms with Crippen molar-refractivity contribution in [3.05, 3.63) is 33.1 Å². The number of hydrogen-bond acceptors (Lipinski definition) is 5. The van der Waals surface area contributed by atoms with Crippen molar-refractivity contribution in [2.45, 2.75) is 20.3 Å². The number of ether oxygens (including phenoxy) is 1. The third-order valence-electron chi connectivity index (χ3n) is 3.00. The smallest absolute Gasteiger partial charge is 0.300 e. The normalized spacial score (nSPS) is 11.2. The molecule has 0 atom stereocenters. The van der Waals surface area contributed by atoms with Gasteiger partial charge in [-0.25, -0.2) is 4.98 Å². The molecule has 0 aromatic carbocycles. The minimum absolute atomic E-state index is 0.0318. The van der Waals surface area contributed by atoms with Gasteiger partial charge in [-0.3, -0.25) is 14.9 Å². The van der Waals surface area contributed by atoms with Crippen LogP contribution in [0.2, 0.25) is 5.15 Å². The Morgan fingerprint density at radius 3 is 2.81 bits per heavy atom. The topological polar surface area (TPSA) is 94.4 Å². The zero-order chi connectivity index (χ0) is 16.0. The predicted octanol–water partition coefficient (Wildman–Crippen LogP) is 2.44. The van der Waals surface area contributed by atoms with Gasteiger partial charge < -0.3 is 10.1 Å². The number of halogens is 1. The second-order valence-electron chi connectivity index (χ2n) is 5.37. The molecule has 1 amide bonds. The number of amides is 1. The van der Waals surface area contributed by atoms with Gasteiger partial charge in [-0.2, -0.15) is 0 Å². The predicted molar refractivity (Wildman–Crippen MR) is 78.5 cm³/mol. The zero-order valence-corrected chi connectivity index (χ0v) is 12.9. The van der Waals surface area contributed by atoms with Crippen LogP contribution in [0, 0.1) is 15.5 Å². The zero-order valence-electron chi connectivity index (χ0n) is 12.2. The first-order valence-corrected chi connectivity index (χ1v) is 6.72. The molecule has 0 aliphatic rings. The van der Waals surface area contributed by atoms with Crippen molar-refractivity contribution in [1.29, 1.82) is 0 Å². The standard InChI is InChI=1S/C13H18ClN3O4/c1-13(2,4-5-21-3)8-16-12(18)9-6-11(14)15-7-10(9)17(19)20/h6-7H,4-5,8H2,1-3H3,(H,16,18). The van der Waals surface area contributed by atoms with Gasteiger partial charge in [0.1, 0.15) is 16.9 Å². The summed E-state index contributed by atoms with van der Waals surface area (Å²) in [5.74, 6) is -0.545. The van der Waals surface area contributed by atoms with E-state index in [2.05, 4.69) is 10.3 Å². The molecule has 0 saturated carbocycles. The fourth-order valence-corrected chi connectivity index (χ4v) is 1.79. The Bertz CT molecular complexity index is 534. The van der Waals surface area contributed by atoms with E-state index in [1.54, 1.807) is 7.11 Å². The van der Waals surface area contributed by atoms with E-state index in [1.807, 2.05) is 13.8 Å². The monoisotopic (exact) mass is 315 g/mol. The highest BCUT2D eigenvalue weighted by molar-refractivity contribution is 6.29. The maximum Gasteiger partial charge on any atom is 0.300 e. The van der Waals surface area contributed by atoms with E-state index in [-0.39, 0.29) is 21.8 Å². The van der Waals surface area contributed by atoms with E-state index in [4.69, 9.17) is 16.3 Å². The number of nitro groups is 1. The lowest BCUT2D eigenvalue weighted by molar-refractivity contribution is -0.385. The minimum Gasteiger partial charge on any atom is -0.385 e. The second kappa shape index (κ2) is 7.33. The molecule has 0 saturated heterocycles. The van der Waals surface area contributed by atoms with Gasteiger partial charge in [0.25, 0.3) is 11.6 Å². The van der Waals surface area contributed by atoms with Gasteiger partial charge in [0.2, 0.25) is 0 Å². The van der Waals surface area contributed by atoms with Gasteiger partial charge in [0.15, 0.2) is 0 Å². The Balaban J connectivity index is 2.80. The maximum atomic E-state index is 12.1. The van der Waals surface area contributed by atoms with Gasteiger partial charge in [0.05, 0.1) is 4.92 Å². The summed E-state index contributed by atoms with van der Waals surface area (Å²) in [6.07, 6.45) is 1.73. The number of nitrogens with one attached hydrogen (secondary N) is 1. The average molecular weight is 316 g/mol. The Kier molecular flexibility index (Phi) is 6.04. The number of nitrogens with zero attached hydrogens (tertiary/aromatic N) is 2. The van der Waals surface area contributed by atoms with Crippen LogP contribution in [0.15, 0.2) is 12.3 Å². The third kappa shape index (κ3) is 5.28. The lowest BCUT2D eigenvalue weighted by Gasteiger charge is -2.24. The van der Waals surface area contributed by atoms with Gasteiger partial charge >= 0.3 is 0 Å². The molecule has 1 aromatic rings.